The summed E-state index contributed by atoms with van der Waals surface area (Å²) in [5, 5.41) is 16.6. The molecule has 14 heavy (non-hydrogen) atoms. The van der Waals surface area contributed by atoms with Gasteiger partial charge >= 0.3 is 11.9 Å². The predicted molar refractivity (Wildman–Crippen MR) is 41.7 cm³/mol. The van der Waals surface area contributed by atoms with Gasteiger partial charge in [-0.1, -0.05) is 0 Å². The highest BCUT2D eigenvalue weighted by Crippen LogP contribution is 2.17. The molecule has 0 bridgehead atoms. The van der Waals surface area contributed by atoms with Crippen molar-refractivity contribution in [2.24, 2.45) is 0 Å². The zero-order valence-corrected chi connectivity index (χ0v) is 6.94. The summed E-state index contributed by atoms with van der Waals surface area (Å²) in [5.41, 5.74) is 0.00549. The maximum atomic E-state index is 12.7. The average Bonchev–Trinajstić information content (AvgIpc) is 2.50. The number of hydrogen-bond donors (Lipinski definition) is 1. The van der Waals surface area contributed by atoms with Crippen LogP contribution in [0.2, 0.25) is 0 Å². The number of carbonyl (C=O) groups is 1. The molecule has 1 aromatic rings. The Bertz CT molecular complexity index is 392. The minimum absolute atomic E-state index is 0.00549. The normalized spacial score (nSPS) is 10.9. The molecule has 0 saturated carbocycles. The number of nitrogens with zero attached hydrogens (tertiary/aromatic N) is 2. The molecule has 0 radical (unpaired) electrons. The fourth-order valence-electron chi connectivity index (χ4n) is 0.935. The van der Waals surface area contributed by atoms with Crippen molar-refractivity contribution in [1.29, 1.82) is 5.26 Å². The fourth-order valence-corrected chi connectivity index (χ4v) is 0.935. The molecule has 0 aliphatic heterocycles. The van der Waals surface area contributed by atoms with Crippen molar-refractivity contribution >= 4 is 5.97 Å². The lowest BCUT2D eigenvalue weighted by molar-refractivity contribution is -0.166. The average molecular weight is 200 g/mol. The molecule has 0 aliphatic rings. The SMILES string of the molecule is N#Cc1cccn1CC(F)(F)C(=O)O. The van der Waals surface area contributed by atoms with E-state index < -0.39 is 18.4 Å². The number of aromatic nitrogens is 1. The molecule has 4 nitrogen and oxygen atoms in total. The smallest absolute Gasteiger partial charge is 0.376 e. The molecule has 0 saturated heterocycles. The van der Waals surface area contributed by atoms with Gasteiger partial charge in [0.25, 0.3) is 0 Å². The lowest BCUT2D eigenvalue weighted by atomic mass is 10.3. The Balaban J connectivity index is 2.90. The van der Waals surface area contributed by atoms with E-state index in [1.54, 1.807) is 6.07 Å². The second-order valence-corrected chi connectivity index (χ2v) is 2.64. The summed E-state index contributed by atoms with van der Waals surface area (Å²) in [5.74, 6) is -6.06. The lowest BCUT2D eigenvalue weighted by Gasteiger charge is -2.12. The van der Waals surface area contributed by atoms with Gasteiger partial charge in [0.05, 0.1) is 6.54 Å². The number of nitriles is 1. The molecule has 0 aliphatic carbocycles. The van der Waals surface area contributed by atoms with Crippen LogP contribution in [-0.2, 0) is 11.3 Å². The first-order chi connectivity index (χ1) is 6.47. The summed E-state index contributed by atoms with van der Waals surface area (Å²) in [6.45, 7) is -1.03. The largest absolute Gasteiger partial charge is 0.477 e. The summed E-state index contributed by atoms with van der Waals surface area (Å²) < 4.78 is 26.3. The van der Waals surface area contributed by atoms with Gasteiger partial charge < -0.3 is 9.67 Å². The van der Waals surface area contributed by atoms with E-state index in [1.807, 2.05) is 0 Å². The van der Waals surface area contributed by atoms with Gasteiger partial charge in [0.15, 0.2) is 0 Å². The van der Waals surface area contributed by atoms with E-state index in [1.165, 1.54) is 18.3 Å². The fraction of sp³-hybridized carbons (Fsp3) is 0.250. The minimum atomic E-state index is -3.86. The first kappa shape index (κ1) is 10.2. The minimum Gasteiger partial charge on any atom is -0.477 e. The summed E-state index contributed by atoms with van der Waals surface area (Å²) >= 11 is 0. The van der Waals surface area contributed by atoms with Crippen LogP contribution >= 0.6 is 0 Å². The number of hydrogen-bond acceptors (Lipinski definition) is 2. The van der Waals surface area contributed by atoms with E-state index >= 15 is 0 Å². The van der Waals surface area contributed by atoms with Gasteiger partial charge in [-0.2, -0.15) is 14.0 Å². The Labute approximate surface area is 78.0 Å². The van der Waals surface area contributed by atoms with Crippen molar-refractivity contribution in [3.05, 3.63) is 24.0 Å². The van der Waals surface area contributed by atoms with Gasteiger partial charge in [-0.25, -0.2) is 4.79 Å². The molecule has 0 spiro atoms. The summed E-state index contributed by atoms with van der Waals surface area (Å²) in [4.78, 5) is 10.1. The molecule has 0 aromatic carbocycles. The topological polar surface area (TPSA) is 66.0 Å². The number of carboxylic acids is 1. The van der Waals surface area contributed by atoms with Crippen molar-refractivity contribution < 1.29 is 18.7 Å². The van der Waals surface area contributed by atoms with Gasteiger partial charge in [0.1, 0.15) is 11.8 Å². The molecule has 0 atom stereocenters. The van der Waals surface area contributed by atoms with Crippen LogP contribution in [0.1, 0.15) is 5.69 Å². The molecule has 1 rings (SSSR count). The highest BCUT2D eigenvalue weighted by molar-refractivity contribution is 5.75. The van der Waals surface area contributed by atoms with E-state index in [4.69, 9.17) is 10.4 Å². The van der Waals surface area contributed by atoms with Crippen LogP contribution < -0.4 is 0 Å². The van der Waals surface area contributed by atoms with E-state index in [0.717, 1.165) is 4.57 Å². The van der Waals surface area contributed by atoms with Crippen LogP contribution in [0.4, 0.5) is 8.78 Å². The zero-order valence-electron chi connectivity index (χ0n) is 6.94. The number of carboxylic acid groups (broad SMARTS) is 1. The number of halogens is 2. The number of alkyl halides is 2. The molecule has 1 aromatic heterocycles. The van der Waals surface area contributed by atoms with Crippen LogP contribution in [0.3, 0.4) is 0 Å². The van der Waals surface area contributed by atoms with Gasteiger partial charge in [-0.3, -0.25) is 0 Å². The van der Waals surface area contributed by atoms with Crippen molar-refractivity contribution in [2.45, 2.75) is 12.5 Å². The van der Waals surface area contributed by atoms with Crippen molar-refractivity contribution in [3.63, 3.8) is 0 Å². The molecular weight excluding hydrogens is 194 g/mol. The Morgan fingerprint density at radius 1 is 1.71 bits per heavy atom. The molecule has 6 heteroatoms. The maximum Gasteiger partial charge on any atom is 0.376 e. The van der Waals surface area contributed by atoms with Crippen LogP contribution in [0.15, 0.2) is 18.3 Å². The molecule has 0 fully saturated rings. The number of aliphatic carboxylic acids is 1. The summed E-state index contributed by atoms with van der Waals surface area (Å²) in [6, 6.07) is 4.40. The quantitative estimate of drug-likeness (QED) is 0.793. The third-order valence-corrected chi connectivity index (χ3v) is 1.63. The highest BCUT2D eigenvalue weighted by Gasteiger charge is 2.39. The number of rotatable bonds is 3. The Morgan fingerprint density at radius 2 is 2.36 bits per heavy atom. The van der Waals surface area contributed by atoms with Crippen molar-refractivity contribution in [2.75, 3.05) is 0 Å². The van der Waals surface area contributed by atoms with Gasteiger partial charge in [-0.05, 0) is 12.1 Å². The lowest BCUT2D eigenvalue weighted by Crippen LogP contribution is -2.33. The molecule has 1 heterocycles. The van der Waals surface area contributed by atoms with E-state index in [9.17, 15) is 13.6 Å². The highest BCUT2D eigenvalue weighted by atomic mass is 19.3. The Kier molecular flexibility index (Phi) is 2.51. The van der Waals surface area contributed by atoms with Crippen LogP contribution in [0.5, 0.6) is 0 Å². The van der Waals surface area contributed by atoms with E-state index in [-0.39, 0.29) is 5.69 Å². The van der Waals surface area contributed by atoms with Crippen molar-refractivity contribution in [1.82, 2.24) is 4.57 Å². The Morgan fingerprint density at radius 3 is 2.86 bits per heavy atom. The third-order valence-electron chi connectivity index (χ3n) is 1.63. The second-order valence-electron chi connectivity index (χ2n) is 2.64. The molecule has 0 unspecified atom stereocenters. The molecular formula is C8H6F2N2O2. The molecule has 74 valence electrons. The molecule has 1 N–H and O–H groups in total. The van der Waals surface area contributed by atoms with Crippen molar-refractivity contribution in [3.8, 4) is 6.07 Å². The van der Waals surface area contributed by atoms with Gasteiger partial charge in [0.2, 0.25) is 0 Å². The first-order valence-corrected chi connectivity index (χ1v) is 3.64. The van der Waals surface area contributed by atoms with Gasteiger partial charge in [-0.15, -0.1) is 0 Å². The first-order valence-electron chi connectivity index (χ1n) is 3.64. The maximum absolute atomic E-state index is 12.7. The molecule has 0 amide bonds. The summed E-state index contributed by atoms with van der Waals surface area (Å²) in [6.07, 6.45) is 1.23. The van der Waals surface area contributed by atoms with Gasteiger partial charge in [0, 0.05) is 6.20 Å². The van der Waals surface area contributed by atoms with E-state index in [2.05, 4.69) is 0 Å². The predicted octanol–water partition coefficient (Wildman–Crippen LogP) is 1.08. The zero-order chi connectivity index (χ0) is 10.8. The second kappa shape index (κ2) is 3.46. The van der Waals surface area contributed by atoms with Crippen LogP contribution in [0, 0.1) is 11.3 Å². The van der Waals surface area contributed by atoms with Crippen LogP contribution in [0.25, 0.3) is 0 Å². The third kappa shape index (κ3) is 1.88. The van der Waals surface area contributed by atoms with Crippen LogP contribution in [-0.4, -0.2) is 21.6 Å². The monoisotopic (exact) mass is 200 g/mol. The standard InChI is InChI=1S/C8H6F2N2O2/c9-8(10,7(13)14)5-12-3-1-2-6(12)4-11/h1-3H,5H2,(H,13,14). The Hall–Kier alpha value is -1.90. The summed E-state index contributed by atoms with van der Waals surface area (Å²) in [7, 11) is 0. The van der Waals surface area contributed by atoms with E-state index in [0.29, 0.717) is 0 Å².